The molecule has 336 valence electrons. The van der Waals surface area contributed by atoms with Crippen molar-refractivity contribution < 1.29 is 4.74 Å². The van der Waals surface area contributed by atoms with Crippen LogP contribution in [0.5, 0.6) is 11.5 Å². The summed E-state index contributed by atoms with van der Waals surface area (Å²) in [5.41, 5.74) is 21.7. The van der Waals surface area contributed by atoms with Crippen LogP contribution in [0, 0.1) is 0 Å². The molecule has 0 saturated heterocycles. The number of ether oxygens (including phenoxy) is 1. The summed E-state index contributed by atoms with van der Waals surface area (Å²) in [6.07, 6.45) is 0. The van der Waals surface area contributed by atoms with Gasteiger partial charge in [-0.2, -0.15) is 0 Å². The molecule has 0 saturated carbocycles. The molecule has 0 fully saturated rings. The Morgan fingerprint density at radius 1 is 0.314 bits per heavy atom. The van der Waals surface area contributed by atoms with E-state index in [1.165, 1.54) is 55.6 Å². The average molecular weight is 902 g/mol. The van der Waals surface area contributed by atoms with E-state index in [0.717, 1.165) is 62.7 Å². The molecule has 1 heterocycles. The average Bonchev–Trinajstić information content (AvgIpc) is 3.76. The Hall–Kier alpha value is -8.60. The Morgan fingerprint density at radius 2 is 0.657 bits per heavy atom. The maximum absolute atomic E-state index is 7.25. The molecule has 70 heavy (non-hydrogen) atoms. The van der Waals surface area contributed by atoms with Crippen LogP contribution in [0.3, 0.4) is 0 Å². The number of hydrogen-bond acceptors (Lipinski definition) is 4. The molecule has 0 spiro atoms. The van der Waals surface area contributed by atoms with Crippen molar-refractivity contribution in [3.8, 4) is 44.9 Å². The standard InChI is InChI=1S/C66H51N3O/c1-65(2)57-38-51(67(46-22-12-6-13-23-46)47-24-14-7-15-25-47)34-36-53(57)55-40-61-63(42-59(55)65)70-64-43-60-56(41-62(64)69(61)50-32-30-45(31-33-50)44-20-10-5-11-21-44)54-37-35-52(39-58(54)66(60,3)4)68(48-26-16-8-17-27-48)49-28-18-9-19-29-49/h5-43H,1-4H3. The van der Waals surface area contributed by atoms with E-state index in [4.69, 9.17) is 4.74 Å². The van der Waals surface area contributed by atoms with Crippen molar-refractivity contribution in [3.63, 3.8) is 0 Å². The van der Waals surface area contributed by atoms with Gasteiger partial charge in [-0.3, -0.25) is 0 Å². The summed E-state index contributed by atoms with van der Waals surface area (Å²) in [5, 5.41) is 0. The summed E-state index contributed by atoms with van der Waals surface area (Å²) in [6.45, 7) is 9.44. The lowest BCUT2D eigenvalue weighted by atomic mass is 9.81. The number of nitrogens with zero attached hydrogens (tertiary/aromatic N) is 3. The second-order valence-corrected chi connectivity index (χ2v) is 19.8. The van der Waals surface area contributed by atoms with E-state index in [2.05, 4.69) is 279 Å². The molecule has 0 aromatic heterocycles. The molecule has 0 bridgehead atoms. The molecule has 0 atom stereocenters. The van der Waals surface area contributed by atoms with E-state index >= 15 is 0 Å². The molecule has 4 nitrogen and oxygen atoms in total. The quantitative estimate of drug-likeness (QED) is 0.151. The van der Waals surface area contributed by atoms with Gasteiger partial charge in [-0.05, 0) is 165 Å². The Morgan fingerprint density at radius 3 is 1.04 bits per heavy atom. The third-order valence-corrected chi connectivity index (χ3v) is 15.0. The van der Waals surface area contributed by atoms with Crippen LogP contribution in [0.4, 0.5) is 51.2 Å². The highest BCUT2D eigenvalue weighted by molar-refractivity contribution is 5.97. The monoisotopic (exact) mass is 901 g/mol. The number of benzene rings is 10. The summed E-state index contributed by atoms with van der Waals surface area (Å²) >= 11 is 0. The molecular weight excluding hydrogens is 851 g/mol. The lowest BCUT2D eigenvalue weighted by Gasteiger charge is -2.35. The number of hydrogen-bond donors (Lipinski definition) is 0. The SMILES string of the molecule is CC1(C)c2cc(N(c3ccccc3)c3ccccc3)ccc2-c2cc3c(cc21)Oc1cc2c(cc1N3c1ccc(-c3ccccc3)cc1)-c1ccc(N(c3ccccc3)c3ccccc3)cc1C2(C)C. The zero-order valence-electron chi connectivity index (χ0n) is 39.8. The van der Waals surface area contributed by atoms with Gasteiger partial charge in [0, 0.05) is 50.6 Å². The maximum atomic E-state index is 7.25. The number of rotatable bonds is 8. The van der Waals surface area contributed by atoms with Gasteiger partial charge in [0.05, 0.1) is 11.4 Å². The highest BCUT2D eigenvalue weighted by Gasteiger charge is 2.42. The molecule has 2 aliphatic carbocycles. The van der Waals surface area contributed by atoms with Gasteiger partial charge in [-0.15, -0.1) is 0 Å². The smallest absolute Gasteiger partial charge is 0.151 e. The molecule has 3 aliphatic rings. The second kappa shape index (κ2) is 16.0. The van der Waals surface area contributed by atoms with Gasteiger partial charge in [0.15, 0.2) is 11.5 Å². The van der Waals surface area contributed by atoms with Crippen LogP contribution < -0.4 is 19.4 Å². The number of para-hydroxylation sites is 4. The van der Waals surface area contributed by atoms with Gasteiger partial charge in [0.2, 0.25) is 0 Å². The first kappa shape index (κ1) is 41.6. The van der Waals surface area contributed by atoms with Crippen LogP contribution in [-0.2, 0) is 10.8 Å². The highest BCUT2D eigenvalue weighted by Crippen LogP contribution is 2.61. The number of fused-ring (bicyclic) bond motifs is 8. The molecule has 0 unspecified atom stereocenters. The zero-order chi connectivity index (χ0) is 47.1. The van der Waals surface area contributed by atoms with Crippen LogP contribution in [-0.4, -0.2) is 0 Å². The first-order valence-corrected chi connectivity index (χ1v) is 24.3. The molecule has 13 rings (SSSR count). The van der Waals surface area contributed by atoms with E-state index in [0.29, 0.717) is 0 Å². The third-order valence-electron chi connectivity index (χ3n) is 15.0. The predicted molar refractivity (Wildman–Crippen MR) is 291 cm³/mol. The summed E-state index contributed by atoms with van der Waals surface area (Å²) in [4.78, 5) is 7.14. The van der Waals surface area contributed by atoms with Gasteiger partial charge in [-0.1, -0.05) is 155 Å². The fourth-order valence-electron chi connectivity index (χ4n) is 11.4. The van der Waals surface area contributed by atoms with Gasteiger partial charge in [-0.25, -0.2) is 0 Å². The molecular formula is C66H51N3O. The van der Waals surface area contributed by atoms with Gasteiger partial charge >= 0.3 is 0 Å². The Labute approximate surface area is 411 Å². The first-order chi connectivity index (χ1) is 34.2. The second-order valence-electron chi connectivity index (χ2n) is 19.8. The van der Waals surface area contributed by atoms with Crippen molar-refractivity contribution in [2.75, 3.05) is 14.7 Å². The molecule has 0 amide bonds. The Bertz CT molecular complexity index is 3330. The van der Waals surface area contributed by atoms with Crippen LogP contribution in [0.25, 0.3) is 33.4 Å². The van der Waals surface area contributed by atoms with Crippen molar-refractivity contribution in [2.45, 2.75) is 38.5 Å². The summed E-state index contributed by atoms with van der Waals surface area (Å²) in [6, 6.07) is 85.7. The topological polar surface area (TPSA) is 19.0 Å². The molecule has 0 N–H and O–H groups in total. The van der Waals surface area contributed by atoms with Crippen LogP contribution in [0.2, 0.25) is 0 Å². The minimum Gasteiger partial charge on any atom is -0.453 e. The van der Waals surface area contributed by atoms with Gasteiger partial charge < -0.3 is 19.4 Å². The predicted octanol–water partition coefficient (Wildman–Crippen LogP) is 18.5. The van der Waals surface area contributed by atoms with Crippen LogP contribution in [0.1, 0.15) is 49.9 Å². The Balaban J connectivity index is 0.956. The molecule has 10 aromatic rings. The van der Waals surface area contributed by atoms with E-state index in [1.54, 1.807) is 0 Å². The summed E-state index contributed by atoms with van der Waals surface area (Å²) in [5.74, 6) is 1.71. The van der Waals surface area contributed by atoms with Crippen molar-refractivity contribution in [1.82, 2.24) is 0 Å². The van der Waals surface area contributed by atoms with Crippen molar-refractivity contribution in [3.05, 3.63) is 259 Å². The van der Waals surface area contributed by atoms with E-state index in [9.17, 15) is 0 Å². The minimum atomic E-state index is -0.298. The summed E-state index contributed by atoms with van der Waals surface area (Å²) in [7, 11) is 0. The zero-order valence-corrected chi connectivity index (χ0v) is 39.8. The lowest BCUT2D eigenvalue weighted by Crippen LogP contribution is -2.20. The highest BCUT2D eigenvalue weighted by atomic mass is 16.5. The number of anilines is 9. The van der Waals surface area contributed by atoms with E-state index in [-0.39, 0.29) is 10.8 Å². The fourth-order valence-corrected chi connectivity index (χ4v) is 11.4. The van der Waals surface area contributed by atoms with Gasteiger partial charge in [0.25, 0.3) is 0 Å². The maximum Gasteiger partial charge on any atom is 0.151 e. The van der Waals surface area contributed by atoms with E-state index in [1.807, 2.05) is 0 Å². The van der Waals surface area contributed by atoms with E-state index < -0.39 is 0 Å². The minimum absolute atomic E-state index is 0.298. The largest absolute Gasteiger partial charge is 0.453 e. The normalized spacial score (nSPS) is 14.0. The van der Waals surface area contributed by atoms with Crippen LogP contribution in [0.15, 0.2) is 237 Å². The third kappa shape index (κ3) is 6.58. The van der Waals surface area contributed by atoms with Crippen molar-refractivity contribution >= 4 is 51.2 Å². The molecule has 4 heteroatoms. The van der Waals surface area contributed by atoms with Crippen molar-refractivity contribution in [2.24, 2.45) is 0 Å². The van der Waals surface area contributed by atoms with Gasteiger partial charge in [0.1, 0.15) is 0 Å². The fraction of sp³-hybridized carbons (Fsp3) is 0.0909. The molecule has 1 aliphatic heterocycles. The van der Waals surface area contributed by atoms with Crippen LogP contribution >= 0.6 is 0 Å². The molecule has 10 aromatic carbocycles. The molecule has 0 radical (unpaired) electrons. The Kier molecular flexibility index (Phi) is 9.50. The van der Waals surface area contributed by atoms with Crippen molar-refractivity contribution in [1.29, 1.82) is 0 Å². The first-order valence-electron chi connectivity index (χ1n) is 24.3. The lowest BCUT2D eigenvalue weighted by molar-refractivity contribution is 0.473. The summed E-state index contributed by atoms with van der Waals surface area (Å²) < 4.78 is 7.25.